The number of phenols is 1. The number of rotatable bonds is 9. The number of hydrogen-bond donors (Lipinski definition) is 2. The molecule has 4 rings (SSSR count). The molecule has 1 aliphatic heterocycles. The third-order valence-electron chi connectivity index (χ3n) is 6.20. The maximum atomic E-state index is 13.1. The predicted octanol–water partition coefficient (Wildman–Crippen LogP) is 4.74. The highest BCUT2D eigenvalue weighted by molar-refractivity contribution is 6.46. The monoisotopic (exact) mass is 487 g/mol. The van der Waals surface area contributed by atoms with Gasteiger partial charge in [-0.3, -0.25) is 9.59 Å². The van der Waals surface area contributed by atoms with Crippen LogP contribution < -0.4 is 4.74 Å². The van der Waals surface area contributed by atoms with Crippen molar-refractivity contribution in [2.75, 3.05) is 20.3 Å². The Morgan fingerprint density at radius 3 is 2.39 bits per heavy atom. The standard InChI is InChI=1S/C29H29NO6/c1-19-17-23(36-18-20-7-4-3-5-8-20)13-14-24(19)27(32)25-26(21-9-11-22(31)12-10-21)30(15-6-16-35-2)29(34)28(25)33/h3-5,7-14,17,26,31-32H,6,15-16,18H2,1-2H3. The molecular formula is C29H29NO6. The molecule has 0 saturated carbocycles. The van der Waals surface area contributed by atoms with Crippen LogP contribution in [0, 0.1) is 6.92 Å². The van der Waals surface area contributed by atoms with E-state index in [-0.39, 0.29) is 23.6 Å². The number of ether oxygens (including phenoxy) is 2. The van der Waals surface area contributed by atoms with Crippen LogP contribution in [0.1, 0.15) is 34.7 Å². The predicted molar refractivity (Wildman–Crippen MR) is 136 cm³/mol. The first kappa shape index (κ1) is 25.0. The number of ketones is 1. The fourth-order valence-electron chi connectivity index (χ4n) is 4.37. The van der Waals surface area contributed by atoms with Crippen LogP contribution in [0.3, 0.4) is 0 Å². The first-order valence-electron chi connectivity index (χ1n) is 11.7. The number of benzene rings is 3. The van der Waals surface area contributed by atoms with Gasteiger partial charge in [0.25, 0.3) is 11.7 Å². The molecule has 2 N–H and O–H groups in total. The molecular weight excluding hydrogens is 458 g/mol. The van der Waals surface area contributed by atoms with E-state index in [1.54, 1.807) is 37.4 Å². The van der Waals surface area contributed by atoms with E-state index in [9.17, 15) is 19.8 Å². The van der Waals surface area contributed by atoms with Crippen LogP contribution >= 0.6 is 0 Å². The number of hydrogen-bond acceptors (Lipinski definition) is 6. The van der Waals surface area contributed by atoms with Crippen molar-refractivity contribution >= 4 is 17.4 Å². The molecule has 1 atom stereocenters. The average Bonchev–Trinajstić information content (AvgIpc) is 3.13. The number of Topliss-reactive ketones (excluding diaryl/α,β-unsaturated/α-hetero) is 1. The number of nitrogens with zero attached hydrogens (tertiary/aromatic N) is 1. The summed E-state index contributed by atoms with van der Waals surface area (Å²) in [6.45, 7) is 2.93. The number of aromatic hydroxyl groups is 1. The number of carbonyl (C=O) groups excluding carboxylic acids is 2. The van der Waals surface area contributed by atoms with Crippen LogP contribution in [0.2, 0.25) is 0 Å². The molecule has 0 aromatic heterocycles. The summed E-state index contributed by atoms with van der Waals surface area (Å²) in [6, 6.07) is 20.5. The third kappa shape index (κ3) is 5.26. The number of aliphatic hydroxyl groups excluding tert-OH is 1. The van der Waals surface area contributed by atoms with Crippen LogP contribution in [-0.4, -0.2) is 47.1 Å². The van der Waals surface area contributed by atoms with E-state index in [0.717, 1.165) is 5.56 Å². The Kier molecular flexibility index (Phi) is 7.71. The molecule has 1 heterocycles. The molecule has 0 aliphatic carbocycles. The molecule has 186 valence electrons. The Bertz CT molecular complexity index is 1270. The Labute approximate surface area is 210 Å². The van der Waals surface area contributed by atoms with Gasteiger partial charge in [0, 0.05) is 25.8 Å². The third-order valence-corrected chi connectivity index (χ3v) is 6.20. The lowest BCUT2D eigenvalue weighted by Gasteiger charge is -2.25. The molecule has 3 aromatic carbocycles. The Balaban J connectivity index is 1.68. The highest BCUT2D eigenvalue weighted by Crippen LogP contribution is 2.40. The molecule has 1 aliphatic rings. The largest absolute Gasteiger partial charge is 0.508 e. The number of amides is 1. The van der Waals surface area contributed by atoms with Crippen LogP contribution in [-0.2, 0) is 20.9 Å². The summed E-state index contributed by atoms with van der Waals surface area (Å²) < 4.78 is 11.0. The minimum atomic E-state index is -0.782. The number of phenolic OH excluding ortho intramolecular Hbond substituents is 1. The molecule has 3 aromatic rings. The van der Waals surface area contributed by atoms with Gasteiger partial charge in [0.15, 0.2) is 0 Å². The van der Waals surface area contributed by atoms with Crippen molar-refractivity contribution in [2.24, 2.45) is 0 Å². The minimum absolute atomic E-state index is 0.0177. The molecule has 0 bridgehead atoms. The fraction of sp³-hybridized carbons (Fsp3) is 0.241. The quantitative estimate of drug-likeness (QED) is 0.196. The maximum Gasteiger partial charge on any atom is 0.295 e. The molecule has 1 amide bonds. The summed E-state index contributed by atoms with van der Waals surface area (Å²) in [5.74, 6) is -0.967. The smallest absolute Gasteiger partial charge is 0.295 e. The number of aliphatic hydroxyl groups is 1. The van der Waals surface area contributed by atoms with Gasteiger partial charge >= 0.3 is 0 Å². The van der Waals surface area contributed by atoms with Crippen molar-refractivity contribution in [2.45, 2.75) is 26.0 Å². The second-order valence-electron chi connectivity index (χ2n) is 8.68. The van der Waals surface area contributed by atoms with E-state index >= 15 is 0 Å². The number of methoxy groups -OCH3 is 1. The van der Waals surface area contributed by atoms with E-state index in [4.69, 9.17) is 9.47 Å². The van der Waals surface area contributed by atoms with Gasteiger partial charge in [-0.25, -0.2) is 0 Å². The zero-order chi connectivity index (χ0) is 25.7. The number of aryl methyl sites for hydroxylation is 1. The summed E-state index contributed by atoms with van der Waals surface area (Å²) in [4.78, 5) is 27.6. The highest BCUT2D eigenvalue weighted by atomic mass is 16.5. The molecule has 1 fully saturated rings. The average molecular weight is 488 g/mol. The van der Waals surface area contributed by atoms with Crippen LogP contribution in [0.25, 0.3) is 5.76 Å². The van der Waals surface area contributed by atoms with E-state index in [1.807, 2.05) is 37.3 Å². The maximum absolute atomic E-state index is 13.1. The van der Waals surface area contributed by atoms with E-state index in [1.165, 1.54) is 17.0 Å². The number of likely N-dealkylation sites (tertiary alicyclic amines) is 1. The van der Waals surface area contributed by atoms with Gasteiger partial charge in [-0.1, -0.05) is 42.5 Å². The Morgan fingerprint density at radius 2 is 1.72 bits per heavy atom. The SMILES string of the molecule is COCCCN1C(=O)C(=O)C(=C(O)c2ccc(OCc3ccccc3)cc2C)C1c1ccc(O)cc1. The van der Waals surface area contributed by atoms with E-state index in [0.29, 0.717) is 42.1 Å². The van der Waals surface area contributed by atoms with Crippen LogP contribution in [0.5, 0.6) is 11.5 Å². The lowest BCUT2D eigenvalue weighted by molar-refractivity contribution is -0.140. The van der Waals surface area contributed by atoms with Crippen molar-refractivity contribution in [3.63, 3.8) is 0 Å². The first-order chi connectivity index (χ1) is 17.4. The molecule has 0 radical (unpaired) electrons. The van der Waals surface area contributed by atoms with Gasteiger partial charge < -0.3 is 24.6 Å². The summed E-state index contributed by atoms with van der Waals surface area (Å²) >= 11 is 0. The van der Waals surface area contributed by atoms with E-state index in [2.05, 4.69) is 0 Å². The van der Waals surface area contributed by atoms with Gasteiger partial charge in [-0.15, -0.1) is 0 Å². The van der Waals surface area contributed by atoms with Crippen molar-refractivity contribution in [1.82, 2.24) is 4.90 Å². The lowest BCUT2D eigenvalue weighted by Crippen LogP contribution is -2.31. The molecule has 1 unspecified atom stereocenters. The Hall–Kier alpha value is -4.10. The second kappa shape index (κ2) is 11.1. The van der Waals surface area contributed by atoms with E-state index < -0.39 is 17.7 Å². The van der Waals surface area contributed by atoms with Crippen molar-refractivity contribution in [1.29, 1.82) is 0 Å². The zero-order valence-corrected chi connectivity index (χ0v) is 20.3. The molecule has 36 heavy (non-hydrogen) atoms. The fourth-order valence-corrected chi connectivity index (χ4v) is 4.37. The highest BCUT2D eigenvalue weighted by Gasteiger charge is 2.45. The van der Waals surface area contributed by atoms with Crippen molar-refractivity contribution in [3.8, 4) is 11.5 Å². The lowest BCUT2D eigenvalue weighted by atomic mass is 9.94. The van der Waals surface area contributed by atoms with Gasteiger partial charge in [0.1, 0.15) is 23.9 Å². The van der Waals surface area contributed by atoms with Gasteiger partial charge in [-0.2, -0.15) is 0 Å². The van der Waals surface area contributed by atoms with Crippen molar-refractivity contribution < 1.29 is 29.3 Å². The molecule has 1 saturated heterocycles. The van der Waals surface area contributed by atoms with Gasteiger partial charge in [0.05, 0.1) is 11.6 Å². The summed E-state index contributed by atoms with van der Waals surface area (Å²) in [5, 5.41) is 21.1. The second-order valence-corrected chi connectivity index (χ2v) is 8.68. The Morgan fingerprint density at radius 1 is 1.00 bits per heavy atom. The summed E-state index contributed by atoms with van der Waals surface area (Å²) in [6.07, 6.45) is 0.532. The van der Waals surface area contributed by atoms with Gasteiger partial charge in [-0.05, 0) is 60.4 Å². The molecule has 0 spiro atoms. The van der Waals surface area contributed by atoms with Crippen molar-refractivity contribution in [3.05, 3.63) is 101 Å². The molecule has 7 nitrogen and oxygen atoms in total. The summed E-state index contributed by atoms with van der Waals surface area (Å²) in [5.41, 5.74) is 2.81. The number of carbonyl (C=O) groups is 2. The van der Waals surface area contributed by atoms with Crippen LogP contribution in [0.15, 0.2) is 78.4 Å². The van der Waals surface area contributed by atoms with Gasteiger partial charge in [0.2, 0.25) is 0 Å². The first-order valence-corrected chi connectivity index (χ1v) is 11.7. The minimum Gasteiger partial charge on any atom is -0.508 e. The zero-order valence-electron chi connectivity index (χ0n) is 20.3. The topological polar surface area (TPSA) is 96.3 Å². The normalized spacial score (nSPS) is 16.9. The van der Waals surface area contributed by atoms with Crippen LogP contribution in [0.4, 0.5) is 0 Å². The summed E-state index contributed by atoms with van der Waals surface area (Å²) in [7, 11) is 1.57. The molecule has 7 heteroatoms.